The molecule has 104 valence electrons. The van der Waals surface area contributed by atoms with Gasteiger partial charge in [-0.05, 0) is 18.2 Å². The van der Waals surface area contributed by atoms with Crippen LogP contribution in [0.2, 0.25) is 0 Å². The van der Waals surface area contributed by atoms with Crippen LogP contribution in [0.25, 0.3) is 0 Å². The number of nitrogens with zero attached hydrogens (tertiary/aromatic N) is 1. The van der Waals surface area contributed by atoms with Gasteiger partial charge in [0.05, 0.1) is 11.3 Å². The van der Waals surface area contributed by atoms with E-state index in [9.17, 15) is 9.59 Å². The molecule has 0 bridgehead atoms. The van der Waals surface area contributed by atoms with Crippen molar-refractivity contribution >= 4 is 17.4 Å². The highest BCUT2D eigenvalue weighted by Crippen LogP contribution is 2.47. The Hall–Kier alpha value is -2.66. The van der Waals surface area contributed by atoms with Crippen molar-refractivity contribution in [1.82, 2.24) is 0 Å². The molecular weight excluding hydrogens is 270 g/mol. The zero-order valence-corrected chi connectivity index (χ0v) is 11.2. The van der Waals surface area contributed by atoms with Crippen LogP contribution in [0.4, 0.5) is 5.69 Å². The second kappa shape index (κ2) is 3.93. The number of methoxy groups -OCH3 is 1. The summed E-state index contributed by atoms with van der Waals surface area (Å²) < 4.78 is 11.1. The monoisotopic (exact) mass is 281 g/mol. The molecule has 1 amide bonds. The van der Waals surface area contributed by atoms with Crippen molar-refractivity contribution in [2.24, 2.45) is 0 Å². The molecule has 0 saturated heterocycles. The van der Waals surface area contributed by atoms with Gasteiger partial charge in [-0.15, -0.1) is 0 Å². The number of ketones is 1. The highest BCUT2D eigenvalue weighted by Gasteiger charge is 2.60. The number of Topliss-reactive ketones (excluding diaryl/α,β-unsaturated/α-hetero) is 1. The number of fused-ring (bicyclic) bond motifs is 4. The highest BCUT2D eigenvalue weighted by molar-refractivity contribution is 6.24. The minimum atomic E-state index is -1.74. The maximum atomic E-state index is 12.8. The van der Waals surface area contributed by atoms with Crippen LogP contribution in [0.3, 0.4) is 0 Å². The van der Waals surface area contributed by atoms with Gasteiger partial charge >= 0.3 is 5.91 Å². The summed E-state index contributed by atoms with van der Waals surface area (Å²) in [5.41, 5.74) is 1.20. The molecule has 0 radical (unpaired) electrons. The smallest absolute Gasteiger partial charge is 0.369 e. The summed E-state index contributed by atoms with van der Waals surface area (Å²) in [6.07, 6.45) is 0. The lowest BCUT2D eigenvalue weighted by atomic mass is 9.95. The van der Waals surface area contributed by atoms with Crippen LogP contribution in [0, 0.1) is 0 Å². The third kappa shape index (κ3) is 1.33. The lowest BCUT2D eigenvalue weighted by molar-refractivity contribution is -0.112. The van der Waals surface area contributed by atoms with Crippen LogP contribution >= 0.6 is 0 Å². The average Bonchev–Trinajstić information content (AvgIpc) is 2.88. The number of para-hydroxylation sites is 2. The molecule has 2 aliphatic rings. The Kier molecular flexibility index (Phi) is 2.26. The van der Waals surface area contributed by atoms with Gasteiger partial charge in [-0.25, -0.2) is 4.90 Å². The molecule has 0 aromatic heterocycles. The van der Waals surface area contributed by atoms with Crippen LogP contribution in [-0.4, -0.2) is 24.7 Å². The summed E-state index contributed by atoms with van der Waals surface area (Å²) in [6, 6.07) is 13.7. The lowest BCUT2D eigenvalue weighted by Gasteiger charge is -2.37. The van der Waals surface area contributed by atoms with Gasteiger partial charge in [-0.3, -0.25) is 9.59 Å². The zero-order chi connectivity index (χ0) is 14.6. The molecule has 21 heavy (non-hydrogen) atoms. The van der Waals surface area contributed by atoms with Gasteiger partial charge in [0.25, 0.3) is 11.7 Å². The van der Waals surface area contributed by atoms with Crippen molar-refractivity contribution < 1.29 is 19.1 Å². The maximum absolute atomic E-state index is 12.8. The zero-order valence-electron chi connectivity index (χ0n) is 11.2. The number of hydrogen-bond acceptors (Lipinski definition) is 4. The third-order valence-electron chi connectivity index (χ3n) is 3.82. The summed E-state index contributed by atoms with van der Waals surface area (Å²) in [7, 11) is 1.36. The van der Waals surface area contributed by atoms with Crippen LogP contribution < -0.4 is 9.64 Å². The van der Waals surface area contributed by atoms with E-state index < -0.39 is 5.91 Å². The molecule has 4 rings (SSSR count). The first-order valence-corrected chi connectivity index (χ1v) is 6.50. The first kappa shape index (κ1) is 12.1. The number of benzene rings is 2. The van der Waals surface area contributed by atoms with E-state index >= 15 is 0 Å². The number of anilines is 1. The van der Waals surface area contributed by atoms with E-state index in [2.05, 4.69) is 0 Å². The maximum Gasteiger partial charge on any atom is 0.369 e. The van der Waals surface area contributed by atoms with E-state index in [0.29, 0.717) is 22.6 Å². The average molecular weight is 281 g/mol. The molecule has 0 aliphatic carbocycles. The molecule has 1 unspecified atom stereocenters. The quantitative estimate of drug-likeness (QED) is 0.804. The van der Waals surface area contributed by atoms with E-state index in [4.69, 9.17) is 9.47 Å². The van der Waals surface area contributed by atoms with Gasteiger partial charge in [0.15, 0.2) is 0 Å². The molecule has 0 spiro atoms. The molecule has 2 aromatic rings. The largest absolute Gasteiger partial charge is 0.435 e. The summed E-state index contributed by atoms with van der Waals surface area (Å²) in [5.74, 6) is -1.97. The summed E-state index contributed by atoms with van der Waals surface area (Å²) in [4.78, 5) is 26.9. The Morgan fingerprint density at radius 2 is 1.67 bits per heavy atom. The fraction of sp³-hybridized carbons (Fsp3) is 0.125. The fourth-order valence-electron chi connectivity index (χ4n) is 2.86. The van der Waals surface area contributed by atoms with Crippen molar-refractivity contribution in [3.05, 3.63) is 59.7 Å². The number of amides is 1. The van der Waals surface area contributed by atoms with Crippen molar-refractivity contribution in [1.29, 1.82) is 0 Å². The SMILES string of the molecule is COC12Oc3ccccc3N1C(=O)c1ccccc1C2=O. The van der Waals surface area contributed by atoms with E-state index in [1.807, 2.05) is 0 Å². The number of hydrogen-bond donors (Lipinski definition) is 0. The second-order valence-corrected chi connectivity index (χ2v) is 4.87. The normalized spacial score (nSPS) is 22.4. The van der Waals surface area contributed by atoms with Gasteiger partial charge in [-0.2, -0.15) is 0 Å². The number of carbonyl (C=O) groups is 2. The number of rotatable bonds is 1. The molecule has 0 N–H and O–H groups in total. The summed E-state index contributed by atoms with van der Waals surface area (Å²) in [5, 5.41) is 0. The molecule has 1 atom stereocenters. The molecule has 5 nitrogen and oxygen atoms in total. The van der Waals surface area contributed by atoms with Crippen LogP contribution in [-0.2, 0) is 4.74 Å². The molecule has 2 aliphatic heterocycles. The minimum Gasteiger partial charge on any atom is -0.435 e. The number of carbonyl (C=O) groups excluding carboxylic acids is 2. The van der Waals surface area contributed by atoms with Gasteiger partial charge < -0.3 is 9.47 Å². The van der Waals surface area contributed by atoms with Crippen molar-refractivity contribution in [3.63, 3.8) is 0 Å². The predicted molar refractivity (Wildman–Crippen MR) is 74.4 cm³/mol. The predicted octanol–water partition coefficient (Wildman–Crippen LogP) is 2.22. The van der Waals surface area contributed by atoms with Crippen LogP contribution in [0.15, 0.2) is 48.5 Å². The molecular formula is C16H11NO4. The second-order valence-electron chi connectivity index (χ2n) is 4.87. The molecule has 0 fully saturated rings. The highest BCUT2D eigenvalue weighted by atomic mass is 16.7. The molecule has 2 heterocycles. The topological polar surface area (TPSA) is 55.8 Å². The first-order valence-electron chi connectivity index (χ1n) is 6.50. The Labute approximate surface area is 120 Å². The Balaban J connectivity index is 2.02. The van der Waals surface area contributed by atoms with E-state index in [-0.39, 0.29) is 11.7 Å². The van der Waals surface area contributed by atoms with Crippen LogP contribution in [0.5, 0.6) is 5.75 Å². The standard InChI is InChI=1S/C16H11NO4/c1-20-16-14(18)10-6-2-3-7-11(10)15(19)17(16)12-8-4-5-9-13(12)21-16/h2-9H,1H3. The fourth-order valence-corrected chi connectivity index (χ4v) is 2.86. The lowest BCUT2D eigenvalue weighted by Crippen LogP contribution is -2.62. The molecule has 0 saturated carbocycles. The van der Waals surface area contributed by atoms with Crippen molar-refractivity contribution in [2.75, 3.05) is 12.0 Å². The van der Waals surface area contributed by atoms with E-state index in [1.54, 1.807) is 48.5 Å². The van der Waals surface area contributed by atoms with Crippen LogP contribution in [0.1, 0.15) is 20.7 Å². The van der Waals surface area contributed by atoms with Gasteiger partial charge in [-0.1, -0.05) is 30.3 Å². The number of ether oxygens (including phenoxy) is 2. The molecule has 2 aromatic carbocycles. The Bertz CT molecular complexity index is 785. The summed E-state index contributed by atoms with van der Waals surface area (Å²) in [6.45, 7) is 0. The Morgan fingerprint density at radius 1 is 1.00 bits per heavy atom. The van der Waals surface area contributed by atoms with E-state index in [0.717, 1.165) is 0 Å². The van der Waals surface area contributed by atoms with Crippen molar-refractivity contribution in [2.45, 2.75) is 5.91 Å². The van der Waals surface area contributed by atoms with Gasteiger partial charge in [0.2, 0.25) is 0 Å². The summed E-state index contributed by atoms with van der Waals surface area (Å²) >= 11 is 0. The van der Waals surface area contributed by atoms with Crippen molar-refractivity contribution in [3.8, 4) is 5.75 Å². The third-order valence-corrected chi connectivity index (χ3v) is 3.82. The van der Waals surface area contributed by atoms with E-state index in [1.165, 1.54) is 12.0 Å². The van der Waals surface area contributed by atoms with Gasteiger partial charge in [0.1, 0.15) is 5.75 Å². The van der Waals surface area contributed by atoms with Gasteiger partial charge in [0, 0.05) is 12.7 Å². The molecule has 5 heteroatoms. The first-order chi connectivity index (χ1) is 10.2. The minimum absolute atomic E-state index is 0.308. The Morgan fingerprint density at radius 3 is 2.43 bits per heavy atom.